The Hall–Kier alpha value is -4.00. The van der Waals surface area contributed by atoms with Crippen LogP contribution < -0.4 is 15.4 Å². The minimum Gasteiger partial charge on any atom is -0.487 e. The van der Waals surface area contributed by atoms with E-state index in [2.05, 4.69) is 15.6 Å². The Kier molecular flexibility index (Phi) is 7.93. The molecular formula is C23H23F4N5O4. The Morgan fingerprint density at radius 3 is 2.31 bits per heavy atom. The van der Waals surface area contributed by atoms with Gasteiger partial charge in [0.2, 0.25) is 0 Å². The molecule has 0 unspecified atom stereocenters. The van der Waals surface area contributed by atoms with Gasteiger partial charge in [-0.05, 0) is 50.2 Å². The highest BCUT2D eigenvalue weighted by atomic mass is 19.4. The molecule has 0 saturated carbocycles. The fraction of sp³-hybridized carbons (Fsp3) is 0.304. The summed E-state index contributed by atoms with van der Waals surface area (Å²) in [5.74, 6) is -1.91. The molecular weight excluding hydrogens is 486 g/mol. The normalized spacial score (nSPS) is 11.8. The number of alkyl halides is 3. The fourth-order valence-corrected chi connectivity index (χ4v) is 2.94. The molecule has 3 aromatic rings. The number of hydrogen-bond donors (Lipinski definition) is 3. The highest BCUT2D eigenvalue weighted by molar-refractivity contribution is 5.94. The number of aromatic nitrogens is 3. The van der Waals surface area contributed by atoms with Gasteiger partial charge in [0.05, 0.1) is 11.3 Å². The monoisotopic (exact) mass is 509 g/mol. The van der Waals surface area contributed by atoms with E-state index >= 15 is 0 Å². The van der Waals surface area contributed by atoms with Crippen LogP contribution in [-0.2, 0) is 6.61 Å². The Balaban J connectivity index is 1.87. The Labute approximate surface area is 203 Å². The molecule has 0 aliphatic rings. The number of benzene rings is 2. The molecule has 1 aromatic heterocycles. The fourth-order valence-electron chi connectivity index (χ4n) is 2.94. The molecule has 13 heteroatoms. The van der Waals surface area contributed by atoms with Crippen molar-refractivity contribution in [3.8, 4) is 11.4 Å². The number of aliphatic hydroxyl groups is 1. The summed E-state index contributed by atoms with van der Waals surface area (Å²) in [6, 6.07) is 10.7. The lowest BCUT2D eigenvalue weighted by Crippen LogP contribution is -2.38. The van der Waals surface area contributed by atoms with E-state index in [1.54, 1.807) is 5.32 Å². The van der Waals surface area contributed by atoms with E-state index in [4.69, 9.17) is 4.74 Å². The highest BCUT2D eigenvalue weighted by Gasteiger charge is 2.28. The molecule has 0 radical (unpaired) electrons. The van der Waals surface area contributed by atoms with Crippen LogP contribution in [0.25, 0.3) is 5.69 Å². The summed E-state index contributed by atoms with van der Waals surface area (Å²) < 4.78 is 57.5. The first-order valence-electron chi connectivity index (χ1n) is 10.6. The van der Waals surface area contributed by atoms with E-state index in [1.165, 1.54) is 61.0 Å². The predicted octanol–water partition coefficient (Wildman–Crippen LogP) is 2.78. The van der Waals surface area contributed by atoms with E-state index in [1.807, 2.05) is 0 Å². The highest BCUT2D eigenvalue weighted by Crippen LogP contribution is 2.19. The summed E-state index contributed by atoms with van der Waals surface area (Å²) in [4.78, 5) is 24.7. The molecule has 0 saturated heterocycles. The van der Waals surface area contributed by atoms with Crippen molar-refractivity contribution < 1.29 is 37.0 Å². The van der Waals surface area contributed by atoms with Crippen LogP contribution in [-0.4, -0.2) is 56.8 Å². The molecule has 9 nitrogen and oxygen atoms in total. The van der Waals surface area contributed by atoms with Gasteiger partial charge in [-0.2, -0.15) is 13.2 Å². The average Bonchev–Trinajstić information content (AvgIpc) is 3.23. The second-order valence-corrected chi connectivity index (χ2v) is 8.38. The molecule has 192 valence electrons. The second kappa shape index (κ2) is 10.7. The summed E-state index contributed by atoms with van der Waals surface area (Å²) in [5.41, 5.74) is -0.839. The van der Waals surface area contributed by atoms with E-state index in [9.17, 15) is 32.3 Å². The third-order valence-electron chi connectivity index (χ3n) is 4.65. The molecule has 2 aromatic carbocycles. The molecule has 0 aliphatic heterocycles. The number of rotatable bonds is 9. The minimum atomic E-state index is -4.55. The Morgan fingerprint density at radius 1 is 1.03 bits per heavy atom. The van der Waals surface area contributed by atoms with Crippen LogP contribution in [0.4, 0.5) is 17.6 Å². The standard InChI is InChI=1S/C23H23F4N5O4/c1-22(2,35)12-28-21(34)19-18(11-36-17-5-3-4-15(24)10-17)32(31-30-19)16-8-6-14(7-9-16)20(33)29-13-23(25,26)27/h3-10,35H,11-13H2,1-2H3,(H,28,34)(H,29,33). The van der Waals surface area contributed by atoms with Gasteiger partial charge in [-0.1, -0.05) is 11.3 Å². The summed E-state index contributed by atoms with van der Waals surface area (Å²) in [6.07, 6.45) is -4.55. The summed E-state index contributed by atoms with van der Waals surface area (Å²) in [7, 11) is 0. The van der Waals surface area contributed by atoms with Crippen molar-refractivity contribution in [1.29, 1.82) is 0 Å². The predicted molar refractivity (Wildman–Crippen MR) is 119 cm³/mol. The molecule has 36 heavy (non-hydrogen) atoms. The zero-order valence-corrected chi connectivity index (χ0v) is 19.3. The molecule has 3 rings (SSSR count). The van der Waals surface area contributed by atoms with Gasteiger partial charge in [0.15, 0.2) is 5.69 Å². The van der Waals surface area contributed by atoms with Crippen molar-refractivity contribution in [1.82, 2.24) is 25.6 Å². The van der Waals surface area contributed by atoms with Crippen molar-refractivity contribution in [3.63, 3.8) is 0 Å². The van der Waals surface area contributed by atoms with Crippen LogP contribution in [0.5, 0.6) is 5.75 Å². The lowest BCUT2D eigenvalue weighted by molar-refractivity contribution is -0.123. The summed E-state index contributed by atoms with van der Waals surface area (Å²) in [6.45, 7) is 1.20. The molecule has 0 aliphatic carbocycles. The number of amides is 2. The molecule has 0 atom stereocenters. The number of halogens is 4. The topological polar surface area (TPSA) is 118 Å². The van der Waals surface area contributed by atoms with E-state index in [0.29, 0.717) is 5.69 Å². The number of nitrogens with one attached hydrogen (secondary N) is 2. The second-order valence-electron chi connectivity index (χ2n) is 8.38. The van der Waals surface area contributed by atoms with E-state index in [-0.39, 0.29) is 35.9 Å². The van der Waals surface area contributed by atoms with E-state index < -0.39 is 36.0 Å². The van der Waals surface area contributed by atoms with Gasteiger partial charge in [0.1, 0.15) is 30.4 Å². The van der Waals surface area contributed by atoms with Gasteiger partial charge in [0.25, 0.3) is 11.8 Å². The minimum absolute atomic E-state index is 0.0242. The number of nitrogens with zero attached hydrogens (tertiary/aromatic N) is 3. The van der Waals surface area contributed by atoms with Crippen LogP contribution in [0.15, 0.2) is 48.5 Å². The maximum atomic E-state index is 13.5. The van der Waals surface area contributed by atoms with Crippen LogP contribution in [0.1, 0.15) is 40.4 Å². The number of ether oxygens (including phenoxy) is 1. The number of carbonyl (C=O) groups excluding carboxylic acids is 2. The van der Waals surface area contributed by atoms with Crippen molar-refractivity contribution in [2.45, 2.75) is 32.2 Å². The zero-order valence-electron chi connectivity index (χ0n) is 19.3. The largest absolute Gasteiger partial charge is 0.487 e. The third kappa shape index (κ3) is 7.50. The van der Waals surface area contributed by atoms with Crippen molar-refractivity contribution in [2.75, 3.05) is 13.1 Å². The lowest BCUT2D eigenvalue weighted by Gasteiger charge is -2.17. The van der Waals surface area contributed by atoms with Gasteiger partial charge < -0.3 is 20.5 Å². The van der Waals surface area contributed by atoms with Crippen molar-refractivity contribution >= 4 is 11.8 Å². The molecule has 0 spiro atoms. The summed E-state index contributed by atoms with van der Waals surface area (Å²) in [5, 5.41) is 22.1. The van der Waals surface area contributed by atoms with Crippen LogP contribution in [0, 0.1) is 5.82 Å². The van der Waals surface area contributed by atoms with Crippen LogP contribution in [0.2, 0.25) is 0 Å². The summed E-state index contributed by atoms with van der Waals surface area (Å²) >= 11 is 0. The van der Waals surface area contributed by atoms with Gasteiger partial charge in [-0.15, -0.1) is 5.10 Å². The van der Waals surface area contributed by atoms with Crippen molar-refractivity contribution in [3.05, 3.63) is 71.3 Å². The molecule has 0 bridgehead atoms. The van der Waals surface area contributed by atoms with E-state index in [0.717, 1.165) is 6.07 Å². The number of carbonyl (C=O) groups is 2. The smallest absolute Gasteiger partial charge is 0.405 e. The maximum absolute atomic E-state index is 13.5. The van der Waals surface area contributed by atoms with Gasteiger partial charge in [0, 0.05) is 18.2 Å². The Bertz CT molecular complexity index is 1220. The SMILES string of the molecule is CC(C)(O)CNC(=O)c1nnn(-c2ccc(C(=O)NCC(F)(F)F)cc2)c1COc1cccc(F)c1. The first-order valence-corrected chi connectivity index (χ1v) is 10.6. The van der Waals surface area contributed by atoms with Gasteiger partial charge in [-0.25, -0.2) is 9.07 Å². The molecule has 0 fully saturated rings. The molecule has 2 amide bonds. The Morgan fingerprint density at radius 2 is 1.69 bits per heavy atom. The number of hydrogen-bond acceptors (Lipinski definition) is 6. The molecule has 1 heterocycles. The van der Waals surface area contributed by atoms with Gasteiger partial charge in [-0.3, -0.25) is 9.59 Å². The first kappa shape index (κ1) is 26.6. The van der Waals surface area contributed by atoms with Crippen molar-refractivity contribution in [2.24, 2.45) is 0 Å². The maximum Gasteiger partial charge on any atom is 0.405 e. The average molecular weight is 509 g/mol. The zero-order chi connectivity index (χ0) is 26.5. The molecule has 3 N–H and O–H groups in total. The van der Waals surface area contributed by atoms with Crippen LogP contribution in [0.3, 0.4) is 0 Å². The quantitative estimate of drug-likeness (QED) is 0.382. The first-order chi connectivity index (χ1) is 16.8. The third-order valence-corrected chi connectivity index (χ3v) is 4.65. The van der Waals surface area contributed by atoms with Gasteiger partial charge >= 0.3 is 6.18 Å². The lowest BCUT2D eigenvalue weighted by atomic mass is 10.1. The van der Waals surface area contributed by atoms with Crippen LogP contribution >= 0.6 is 0 Å².